The molecule has 214 valence electrons. The summed E-state index contributed by atoms with van der Waals surface area (Å²) in [5, 5.41) is 35.1. The second-order valence-corrected chi connectivity index (χ2v) is 11.7. The number of aliphatic hydroxyl groups excluding tert-OH is 3. The fourth-order valence-electron chi connectivity index (χ4n) is 5.78. The Kier molecular flexibility index (Phi) is 10.3. The summed E-state index contributed by atoms with van der Waals surface area (Å²) in [6, 6.07) is 11.1. The molecule has 2 aromatic rings. The van der Waals surface area contributed by atoms with E-state index in [1.165, 1.54) is 11.8 Å². The number of pyridine rings is 1. The lowest BCUT2D eigenvalue weighted by molar-refractivity contribution is -0.204. The molecular weight excluding hydrogens is 516 g/mol. The predicted octanol–water partition coefficient (Wildman–Crippen LogP) is 1.96. The van der Waals surface area contributed by atoms with Crippen LogP contribution in [0.3, 0.4) is 0 Å². The van der Waals surface area contributed by atoms with Crippen LogP contribution in [0.2, 0.25) is 0 Å². The van der Waals surface area contributed by atoms with Crippen LogP contribution >= 0.6 is 11.8 Å². The van der Waals surface area contributed by atoms with Gasteiger partial charge in [-0.2, -0.15) is 0 Å². The van der Waals surface area contributed by atoms with E-state index in [1.54, 1.807) is 12.5 Å². The molecule has 2 fully saturated rings. The summed E-state index contributed by atoms with van der Waals surface area (Å²) in [6.45, 7) is 3.37. The normalized spacial score (nSPS) is 30.2. The quantitative estimate of drug-likeness (QED) is 0.347. The van der Waals surface area contributed by atoms with Crippen molar-refractivity contribution >= 4 is 23.4 Å². The Morgan fingerprint density at radius 2 is 1.92 bits per heavy atom. The smallest absolute Gasteiger partial charge is 0.237 e. The Labute approximate surface area is 235 Å². The minimum absolute atomic E-state index is 0.112. The van der Waals surface area contributed by atoms with E-state index in [4.69, 9.17) is 4.74 Å². The van der Waals surface area contributed by atoms with Crippen molar-refractivity contribution in [1.82, 2.24) is 15.2 Å². The fourth-order valence-corrected chi connectivity index (χ4v) is 6.46. The van der Waals surface area contributed by atoms with E-state index in [0.29, 0.717) is 12.5 Å². The number of carbonyl (C=O) groups is 1. The summed E-state index contributed by atoms with van der Waals surface area (Å²) < 4.78 is 6.10. The number of likely N-dealkylation sites (N-methyl/N-ethyl adjacent to an activating group) is 2. The zero-order valence-corrected chi connectivity index (χ0v) is 24.0. The van der Waals surface area contributed by atoms with Gasteiger partial charge in [0.25, 0.3) is 0 Å². The third kappa shape index (κ3) is 6.93. The largest absolute Gasteiger partial charge is 0.388 e. The maximum Gasteiger partial charge on any atom is 0.237 e. The van der Waals surface area contributed by atoms with Gasteiger partial charge >= 0.3 is 0 Å². The number of ether oxygens (including phenoxy) is 1. The van der Waals surface area contributed by atoms with Crippen LogP contribution in [-0.4, -0.2) is 106 Å². The van der Waals surface area contributed by atoms with E-state index < -0.39 is 35.9 Å². The number of amides is 1. The van der Waals surface area contributed by atoms with Crippen molar-refractivity contribution in [2.75, 3.05) is 38.3 Å². The summed E-state index contributed by atoms with van der Waals surface area (Å²) in [5.41, 5.74) is 2.27. The minimum Gasteiger partial charge on any atom is -0.388 e. The van der Waals surface area contributed by atoms with E-state index in [2.05, 4.69) is 22.1 Å². The molecule has 0 spiro atoms. The van der Waals surface area contributed by atoms with Crippen molar-refractivity contribution in [3.63, 3.8) is 0 Å². The molecule has 3 unspecified atom stereocenters. The molecule has 4 rings (SSSR count). The predicted molar refractivity (Wildman–Crippen MR) is 155 cm³/mol. The molecule has 39 heavy (non-hydrogen) atoms. The first-order valence-electron chi connectivity index (χ1n) is 13.7. The first-order valence-corrected chi connectivity index (χ1v) is 15.0. The first-order chi connectivity index (χ1) is 18.7. The summed E-state index contributed by atoms with van der Waals surface area (Å²) in [5.74, 6) is 0.364. The van der Waals surface area contributed by atoms with E-state index >= 15 is 0 Å². The van der Waals surface area contributed by atoms with Gasteiger partial charge in [0.2, 0.25) is 5.91 Å². The van der Waals surface area contributed by atoms with Gasteiger partial charge in [0, 0.05) is 38.2 Å². The minimum atomic E-state index is -1.38. The number of aromatic nitrogens is 1. The molecule has 9 nitrogen and oxygen atoms in total. The number of aliphatic hydroxyl groups is 3. The summed E-state index contributed by atoms with van der Waals surface area (Å²) in [7, 11) is 3.89. The van der Waals surface area contributed by atoms with Gasteiger partial charge in [0.15, 0.2) is 0 Å². The first kappa shape index (κ1) is 29.8. The number of thioether (sulfide) groups is 1. The van der Waals surface area contributed by atoms with E-state index in [-0.39, 0.29) is 11.9 Å². The highest BCUT2D eigenvalue weighted by Crippen LogP contribution is 2.31. The van der Waals surface area contributed by atoms with Crippen molar-refractivity contribution in [3.05, 3.63) is 48.8 Å². The van der Waals surface area contributed by atoms with Gasteiger partial charge in [-0.25, -0.2) is 0 Å². The third-order valence-electron chi connectivity index (χ3n) is 7.97. The number of nitrogens with one attached hydrogen (secondary N) is 1. The van der Waals surface area contributed by atoms with Crippen molar-refractivity contribution in [1.29, 1.82) is 0 Å². The lowest BCUT2D eigenvalue weighted by Gasteiger charge is -2.44. The summed E-state index contributed by atoms with van der Waals surface area (Å²) >= 11 is 1.26. The number of nitrogens with zero attached hydrogens (tertiary/aromatic N) is 3. The molecule has 2 saturated heterocycles. The second kappa shape index (κ2) is 13.4. The highest BCUT2D eigenvalue weighted by atomic mass is 32.2. The van der Waals surface area contributed by atoms with Crippen molar-refractivity contribution < 1.29 is 24.9 Å². The zero-order chi connectivity index (χ0) is 28.1. The van der Waals surface area contributed by atoms with Crippen molar-refractivity contribution in [2.45, 2.75) is 68.1 Å². The Morgan fingerprint density at radius 1 is 1.18 bits per heavy atom. The monoisotopic (exact) mass is 558 g/mol. The molecular formula is C29H42N4O5S. The molecule has 1 aromatic carbocycles. The van der Waals surface area contributed by atoms with Gasteiger partial charge in [-0.3, -0.25) is 14.7 Å². The molecule has 2 aliphatic heterocycles. The molecule has 10 heteroatoms. The number of likely N-dealkylation sites (tertiary alicyclic amines) is 1. The zero-order valence-electron chi connectivity index (χ0n) is 23.2. The van der Waals surface area contributed by atoms with E-state index in [1.807, 2.05) is 61.6 Å². The molecule has 1 aromatic heterocycles. The van der Waals surface area contributed by atoms with Gasteiger partial charge in [0.1, 0.15) is 29.9 Å². The van der Waals surface area contributed by atoms with Crippen LogP contribution in [0.1, 0.15) is 26.2 Å². The van der Waals surface area contributed by atoms with Gasteiger partial charge in [-0.15, -0.1) is 11.8 Å². The number of anilines is 1. The highest BCUT2D eigenvalue weighted by Gasteiger charge is 2.47. The maximum atomic E-state index is 13.6. The van der Waals surface area contributed by atoms with Crippen LogP contribution in [0.25, 0.3) is 11.1 Å². The van der Waals surface area contributed by atoms with Gasteiger partial charge < -0.3 is 30.3 Å². The van der Waals surface area contributed by atoms with Crippen LogP contribution < -0.4 is 10.2 Å². The van der Waals surface area contributed by atoms with E-state index in [0.717, 1.165) is 42.6 Å². The Hall–Kier alpha value is -2.21. The number of benzene rings is 1. The maximum absolute atomic E-state index is 13.6. The highest BCUT2D eigenvalue weighted by molar-refractivity contribution is 7.99. The second-order valence-electron chi connectivity index (χ2n) is 10.8. The Morgan fingerprint density at radius 3 is 2.56 bits per heavy atom. The van der Waals surface area contributed by atoms with Crippen LogP contribution in [-0.2, 0) is 9.53 Å². The number of hydrogen-bond acceptors (Lipinski definition) is 9. The average molecular weight is 559 g/mol. The van der Waals surface area contributed by atoms with Crippen molar-refractivity contribution in [3.8, 4) is 11.1 Å². The van der Waals surface area contributed by atoms with Crippen LogP contribution in [0, 0.1) is 5.92 Å². The van der Waals surface area contributed by atoms with Crippen LogP contribution in [0.5, 0.6) is 0 Å². The van der Waals surface area contributed by atoms with Gasteiger partial charge in [-0.1, -0.05) is 31.5 Å². The molecule has 0 radical (unpaired) electrons. The van der Waals surface area contributed by atoms with Crippen LogP contribution in [0.15, 0.2) is 48.8 Å². The van der Waals surface area contributed by atoms with Crippen LogP contribution in [0.4, 0.5) is 5.69 Å². The number of carbonyl (C=O) groups excluding carboxylic acids is 1. The lowest BCUT2D eigenvalue weighted by atomic mass is 9.93. The Bertz CT molecular complexity index is 1060. The van der Waals surface area contributed by atoms with Gasteiger partial charge in [0.05, 0.1) is 12.1 Å². The molecule has 2 aliphatic rings. The standard InChI is InChI=1S/C29H42N4O5S/c1-5-7-18-14-23(33(3)16-18)28(37)31-22(27-25(35)24(34)26(36)29(38-27)39-4)17-32(2)21-11-9-19(10-12-21)20-8-6-13-30-15-20/h6,8-13,15,18,22-27,29,34-36H,5,7,14,16-17H2,1-4H3,(H,31,37)/t18-,22-,23+,24?,25?,26-,27-,29?/m1/s1. The molecule has 4 N–H and O–H groups in total. The molecule has 0 aliphatic carbocycles. The molecule has 1 amide bonds. The summed E-state index contributed by atoms with van der Waals surface area (Å²) in [4.78, 5) is 21.8. The molecule has 0 saturated carbocycles. The number of hydrogen-bond donors (Lipinski definition) is 4. The van der Waals surface area contributed by atoms with E-state index in [9.17, 15) is 20.1 Å². The number of rotatable bonds is 10. The summed E-state index contributed by atoms with van der Waals surface area (Å²) in [6.07, 6.45) is 3.43. The molecule has 0 bridgehead atoms. The van der Waals surface area contributed by atoms with Gasteiger partial charge in [-0.05, 0) is 61.4 Å². The SMILES string of the molecule is CCC[C@@H]1C[C@@H](C(=O)N[C@H](CN(C)c2ccc(-c3cccnc3)cc2)[C@H]2OC(SC)[C@H](O)C(O)C2O)N(C)C1. The lowest BCUT2D eigenvalue weighted by Crippen LogP contribution is -2.65. The fraction of sp³-hybridized carbons (Fsp3) is 0.586. The average Bonchev–Trinajstić information content (AvgIpc) is 3.32. The molecule has 3 heterocycles. The Balaban J connectivity index is 1.54. The molecule has 8 atom stereocenters. The third-order valence-corrected chi connectivity index (χ3v) is 8.83. The van der Waals surface area contributed by atoms with Crippen molar-refractivity contribution in [2.24, 2.45) is 5.92 Å². The topological polar surface area (TPSA) is 118 Å².